The fraction of sp³-hybridized carbons (Fsp3) is 0. The smallest absolute Gasteiger partial charge is 0.112 e. The number of hydrogen-bond acceptors (Lipinski definition) is 3. The predicted octanol–water partition coefficient (Wildman–Crippen LogP) is 0.827. The van der Waals surface area contributed by atoms with Crippen molar-refractivity contribution < 1.29 is 0 Å². The van der Waals surface area contributed by atoms with Gasteiger partial charge >= 0.3 is 43.0 Å². The summed E-state index contributed by atoms with van der Waals surface area (Å²) >= 11 is 0.215. The first-order valence-corrected chi connectivity index (χ1v) is 4.70. The Morgan fingerprint density at radius 3 is 2.11 bits per heavy atom. The van der Waals surface area contributed by atoms with Crippen LogP contribution in [0.1, 0.15) is 0 Å². The fourth-order valence-corrected chi connectivity index (χ4v) is 1.51. The van der Waals surface area contributed by atoms with Crippen molar-refractivity contribution in [2.24, 2.45) is 5.34 Å². The molecule has 1 radical (unpaired) electrons. The summed E-state index contributed by atoms with van der Waals surface area (Å²) in [5, 5.41) is 9.00. The van der Waals surface area contributed by atoms with E-state index in [1.165, 1.54) is 0 Å². The molecule has 3 nitrogen and oxygen atoms in total. The van der Waals surface area contributed by atoms with Gasteiger partial charge in [0.05, 0.1) is 0 Å². The second kappa shape index (κ2) is 7.29. The molecular weight excluding hydrogens is 179 g/mol. The van der Waals surface area contributed by atoms with Crippen LogP contribution in [0.2, 0.25) is 0 Å². The van der Waals surface area contributed by atoms with E-state index in [9.17, 15) is 0 Å². The molecule has 0 aliphatic carbocycles. The zero-order valence-electron chi connectivity index (χ0n) is 4.65. The second-order valence-electron chi connectivity index (χ2n) is 1.15. The summed E-state index contributed by atoms with van der Waals surface area (Å²) < 4.78 is 0. The number of rotatable bonds is 0. The fourth-order valence-electron chi connectivity index (χ4n) is 0.342. The summed E-state index contributed by atoms with van der Waals surface area (Å²) in [6.07, 6.45) is 6.28. The summed E-state index contributed by atoms with van der Waals surface area (Å²) in [6, 6.07) is 0. The predicted molar refractivity (Wildman–Crippen MR) is 39.3 cm³/mol. The van der Waals surface area contributed by atoms with Gasteiger partial charge in [0, 0.05) is 0 Å². The van der Waals surface area contributed by atoms with Crippen LogP contribution in [0, 0.1) is 10.1 Å². The van der Waals surface area contributed by atoms with Crippen LogP contribution in [0.25, 0.3) is 0 Å². The SMILES string of the molecule is C1=C[CH]=[Ge][CH]=C1.O=N[O-]. The molecule has 9 heavy (non-hydrogen) atoms. The number of nitrogens with zero attached hydrogens (tertiary/aromatic N) is 1. The molecule has 0 spiro atoms. The largest absolute Gasteiger partial charge is 0.444 e. The Morgan fingerprint density at radius 2 is 2.00 bits per heavy atom. The Morgan fingerprint density at radius 1 is 1.33 bits per heavy atom. The molecule has 1 rings (SSSR count). The Balaban J connectivity index is 0.000000187. The topological polar surface area (TPSA) is 52.5 Å². The molecule has 0 N–H and O–H groups in total. The molecule has 0 aromatic carbocycles. The van der Waals surface area contributed by atoms with Crippen LogP contribution in [0.5, 0.6) is 0 Å². The van der Waals surface area contributed by atoms with Crippen molar-refractivity contribution in [1.29, 1.82) is 0 Å². The van der Waals surface area contributed by atoms with Crippen molar-refractivity contribution in [3.63, 3.8) is 0 Å². The first-order chi connectivity index (χ1) is 4.41. The van der Waals surface area contributed by atoms with Crippen LogP contribution in [-0.2, 0) is 0 Å². The molecule has 0 saturated heterocycles. The van der Waals surface area contributed by atoms with Gasteiger partial charge in [-0.05, 0) is 0 Å². The molecule has 0 fully saturated rings. The van der Waals surface area contributed by atoms with Crippen LogP contribution in [0.3, 0.4) is 0 Å². The maximum atomic E-state index is 8.00. The van der Waals surface area contributed by atoms with Gasteiger partial charge in [0.1, 0.15) is 0 Å². The molecule has 1 aliphatic heterocycles. The van der Waals surface area contributed by atoms with Gasteiger partial charge in [-0.3, -0.25) is 0 Å². The Hall–Kier alpha value is -0.707. The van der Waals surface area contributed by atoms with Gasteiger partial charge in [-0.25, -0.2) is 0 Å². The Bertz CT molecular complexity index is 115. The standard InChI is InChI=1S/C5H5Ge.HNO2/c1-2-4-6-5-3-1;2-1-3/h1-5H;(H,2,3)/p-1. The molecule has 0 aromatic rings. The number of allylic oxidation sites excluding steroid dienone is 3. The maximum absolute atomic E-state index is 8.00. The summed E-state index contributed by atoms with van der Waals surface area (Å²) in [4.78, 5) is 12.5. The minimum Gasteiger partial charge on any atom is -0.444 e. The number of hydrogen-bond donors (Lipinski definition) is 0. The van der Waals surface area contributed by atoms with E-state index in [0.29, 0.717) is 0 Å². The quantitative estimate of drug-likeness (QED) is 0.317. The van der Waals surface area contributed by atoms with E-state index in [1.807, 2.05) is 0 Å². The molecule has 0 unspecified atom stereocenters. The van der Waals surface area contributed by atoms with Crippen molar-refractivity contribution in [2.75, 3.05) is 0 Å². The zero-order chi connectivity index (χ0) is 6.95. The van der Waals surface area contributed by atoms with E-state index in [2.05, 4.69) is 28.0 Å². The van der Waals surface area contributed by atoms with Gasteiger partial charge in [0.25, 0.3) is 0 Å². The maximum Gasteiger partial charge on any atom is -0.112 e. The Kier molecular flexibility index (Phi) is 6.72. The molecule has 0 bridgehead atoms. The van der Waals surface area contributed by atoms with E-state index in [4.69, 9.17) is 10.1 Å². The van der Waals surface area contributed by atoms with Crippen molar-refractivity contribution in [3.8, 4) is 0 Å². The molecule has 1 aliphatic rings. The zero-order valence-corrected chi connectivity index (χ0v) is 6.75. The first-order valence-electron chi connectivity index (χ1n) is 2.28. The summed E-state index contributed by atoms with van der Waals surface area (Å²) in [5.74, 6) is 0. The first kappa shape index (κ1) is 8.29. The van der Waals surface area contributed by atoms with Gasteiger partial charge < -0.3 is 10.1 Å². The molecular formula is C5H5GeNO2-. The van der Waals surface area contributed by atoms with Gasteiger partial charge in [-0.1, -0.05) is 0 Å². The minimum atomic E-state index is 0.215. The van der Waals surface area contributed by atoms with Crippen LogP contribution in [0.4, 0.5) is 0 Å². The van der Waals surface area contributed by atoms with Crippen LogP contribution >= 0.6 is 0 Å². The van der Waals surface area contributed by atoms with E-state index in [0.717, 1.165) is 5.34 Å². The summed E-state index contributed by atoms with van der Waals surface area (Å²) in [5.41, 5.74) is 0. The van der Waals surface area contributed by atoms with E-state index < -0.39 is 0 Å². The third-order valence-electron chi connectivity index (χ3n) is 0.607. The van der Waals surface area contributed by atoms with Crippen molar-refractivity contribution >= 4 is 19.8 Å². The van der Waals surface area contributed by atoms with Gasteiger partial charge in [0.2, 0.25) is 0 Å². The minimum absolute atomic E-state index is 0.215. The van der Waals surface area contributed by atoms with Crippen LogP contribution in [-0.4, -0.2) is 19.8 Å². The molecule has 0 atom stereocenters. The molecule has 1 heterocycles. The van der Waals surface area contributed by atoms with Gasteiger partial charge in [0.15, 0.2) is 0 Å². The van der Waals surface area contributed by atoms with E-state index >= 15 is 0 Å². The summed E-state index contributed by atoms with van der Waals surface area (Å²) in [6.45, 7) is 0. The molecule has 0 saturated carbocycles. The monoisotopic (exact) mass is 185 g/mol. The normalized spacial score (nSPS) is 12.0. The van der Waals surface area contributed by atoms with Gasteiger partial charge in [-0.15, -0.1) is 5.34 Å². The molecule has 4 heteroatoms. The second-order valence-corrected chi connectivity index (χ2v) is 3.25. The van der Waals surface area contributed by atoms with Gasteiger partial charge in [-0.2, -0.15) is 0 Å². The third kappa shape index (κ3) is 7.29. The van der Waals surface area contributed by atoms with Crippen molar-refractivity contribution in [3.05, 3.63) is 33.3 Å². The summed E-state index contributed by atoms with van der Waals surface area (Å²) in [7, 11) is 0. The van der Waals surface area contributed by atoms with Crippen molar-refractivity contribution in [1.82, 2.24) is 0 Å². The van der Waals surface area contributed by atoms with Crippen LogP contribution in [0.15, 0.2) is 28.5 Å². The van der Waals surface area contributed by atoms with Crippen LogP contribution < -0.4 is 0 Å². The molecule has 47 valence electrons. The average molecular weight is 184 g/mol. The average Bonchev–Trinajstić information content (AvgIpc) is 1.93. The third-order valence-corrected chi connectivity index (χ3v) is 2.22. The van der Waals surface area contributed by atoms with E-state index in [1.54, 1.807) is 0 Å². The van der Waals surface area contributed by atoms with Crippen molar-refractivity contribution in [2.45, 2.75) is 0 Å². The molecule has 0 amide bonds. The van der Waals surface area contributed by atoms with E-state index in [-0.39, 0.29) is 15.0 Å². The Labute approximate surface area is 59.0 Å². The molecule has 0 aromatic heterocycles.